The number of aromatic nitrogens is 4. The molecule has 0 aliphatic carbocycles. The molecule has 0 saturated carbocycles. The van der Waals surface area contributed by atoms with Crippen molar-refractivity contribution in [3.8, 4) is 5.69 Å². The second-order valence-electron chi connectivity index (χ2n) is 5.61. The molecule has 3 aromatic rings. The number of halogens is 1. The van der Waals surface area contributed by atoms with E-state index in [1.807, 2.05) is 30.3 Å². The highest BCUT2D eigenvalue weighted by atomic mass is 35.5. The first kappa shape index (κ1) is 19.8. The SMILES string of the molecule is CCNC(=O)NC(=O)[C@@H](Sc1nnnn1-c1ccc(Cl)cc1)c1ccccc1. The fraction of sp³-hybridized carbons (Fsp3) is 0.167. The van der Waals surface area contributed by atoms with Crippen molar-refractivity contribution in [1.82, 2.24) is 30.8 Å². The molecule has 1 aromatic heterocycles. The van der Waals surface area contributed by atoms with E-state index in [2.05, 4.69) is 26.2 Å². The quantitative estimate of drug-likeness (QED) is 0.599. The lowest BCUT2D eigenvalue weighted by Gasteiger charge is -2.16. The number of carbonyl (C=O) groups excluding carboxylic acids is 2. The van der Waals surface area contributed by atoms with Crippen LogP contribution in [0.25, 0.3) is 5.69 Å². The number of imide groups is 1. The summed E-state index contributed by atoms with van der Waals surface area (Å²) in [7, 11) is 0. The third-order valence-corrected chi connectivity index (χ3v) is 5.09. The number of nitrogens with one attached hydrogen (secondary N) is 2. The van der Waals surface area contributed by atoms with E-state index in [4.69, 9.17) is 11.6 Å². The Morgan fingerprint density at radius 3 is 2.54 bits per heavy atom. The zero-order valence-corrected chi connectivity index (χ0v) is 16.4. The fourth-order valence-electron chi connectivity index (χ4n) is 2.39. The monoisotopic (exact) mass is 416 g/mol. The van der Waals surface area contributed by atoms with Gasteiger partial charge in [0.05, 0.1) is 5.69 Å². The summed E-state index contributed by atoms with van der Waals surface area (Å²) in [5.74, 6) is -0.465. The Kier molecular flexibility index (Phi) is 6.62. The molecule has 3 amide bonds. The standard InChI is InChI=1S/C18H17ClN6O2S/c1-2-20-17(27)21-16(26)15(12-6-4-3-5-7-12)28-18-22-23-24-25(18)14-10-8-13(19)9-11-14/h3-11,15H,2H2,1H3,(H2,20,21,26,27)/t15-/m0/s1. The van der Waals surface area contributed by atoms with Crippen LogP contribution in [0.5, 0.6) is 0 Å². The molecule has 10 heteroatoms. The highest BCUT2D eigenvalue weighted by molar-refractivity contribution is 8.00. The van der Waals surface area contributed by atoms with Gasteiger partial charge in [-0.05, 0) is 47.2 Å². The second-order valence-corrected chi connectivity index (χ2v) is 7.12. The van der Waals surface area contributed by atoms with Gasteiger partial charge >= 0.3 is 6.03 Å². The van der Waals surface area contributed by atoms with E-state index in [0.29, 0.717) is 22.4 Å². The molecule has 0 saturated heterocycles. The molecule has 8 nitrogen and oxygen atoms in total. The smallest absolute Gasteiger partial charge is 0.321 e. The van der Waals surface area contributed by atoms with E-state index in [1.165, 1.54) is 4.68 Å². The maximum Gasteiger partial charge on any atom is 0.321 e. The summed E-state index contributed by atoms with van der Waals surface area (Å²) in [6, 6.07) is 15.6. The number of nitrogens with zero attached hydrogens (tertiary/aromatic N) is 4. The average Bonchev–Trinajstić information content (AvgIpc) is 3.15. The van der Waals surface area contributed by atoms with Gasteiger partial charge in [-0.15, -0.1) is 5.10 Å². The summed E-state index contributed by atoms with van der Waals surface area (Å²) >= 11 is 7.08. The first-order chi connectivity index (χ1) is 13.6. The van der Waals surface area contributed by atoms with E-state index < -0.39 is 17.2 Å². The van der Waals surface area contributed by atoms with Crippen LogP contribution in [-0.4, -0.2) is 38.7 Å². The van der Waals surface area contributed by atoms with Crippen molar-refractivity contribution in [3.05, 3.63) is 65.2 Å². The van der Waals surface area contributed by atoms with Gasteiger partial charge in [0, 0.05) is 11.6 Å². The van der Waals surface area contributed by atoms with Crippen molar-refractivity contribution in [3.63, 3.8) is 0 Å². The van der Waals surface area contributed by atoms with Crippen molar-refractivity contribution in [1.29, 1.82) is 0 Å². The van der Waals surface area contributed by atoms with Gasteiger partial charge in [0.25, 0.3) is 0 Å². The lowest BCUT2D eigenvalue weighted by atomic mass is 10.1. The van der Waals surface area contributed by atoms with Gasteiger partial charge < -0.3 is 5.32 Å². The maximum absolute atomic E-state index is 12.8. The van der Waals surface area contributed by atoms with Crippen LogP contribution in [0.3, 0.4) is 0 Å². The zero-order chi connectivity index (χ0) is 19.9. The molecule has 0 unspecified atom stereocenters. The number of hydrogen-bond donors (Lipinski definition) is 2. The van der Waals surface area contributed by atoms with Gasteiger partial charge in [-0.2, -0.15) is 4.68 Å². The highest BCUT2D eigenvalue weighted by Crippen LogP contribution is 2.34. The van der Waals surface area contributed by atoms with Gasteiger partial charge in [0.1, 0.15) is 5.25 Å². The summed E-state index contributed by atoms with van der Waals surface area (Å²) in [6.45, 7) is 2.19. The molecule has 2 aromatic carbocycles. The van der Waals surface area contributed by atoms with Crippen LogP contribution in [-0.2, 0) is 4.79 Å². The molecule has 1 atom stereocenters. The number of benzene rings is 2. The van der Waals surface area contributed by atoms with Crippen LogP contribution in [0.4, 0.5) is 4.79 Å². The number of tetrazole rings is 1. The summed E-state index contributed by atoms with van der Waals surface area (Å²) in [4.78, 5) is 24.6. The van der Waals surface area contributed by atoms with Crippen LogP contribution < -0.4 is 10.6 Å². The Morgan fingerprint density at radius 2 is 1.86 bits per heavy atom. The number of thioether (sulfide) groups is 1. The largest absolute Gasteiger partial charge is 0.338 e. The number of carbonyl (C=O) groups is 2. The summed E-state index contributed by atoms with van der Waals surface area (Å²) in [5, 5.41) is 16.9. The molecule has 2 N–H and O–H groups in total. The lowest BCUT2D eigenvalue weighted by Crippen LogP contribution is -2.41. The lowest BCUT2D eigenvalue weighted by molar-refractivity contribution is -0.119. The Bertz CT molecular complexity index is 948. The normalized spacial score (nSPS) is 11.6. The van der Waals surface area contributed by atoms with E-state index in [9.17, 15) is 9.59 Å². The predicted octanol–water partition coefficient (Wildman–Crippen LogP) is 2.99. The minimum absolute atomic E-state index is 0.405. The molecule has 0 radical (unpaired) electrons. The van der Waals surface area contributed by atoms with Crippen LogP contribution in [0, 0.1) is 0 Å². The number of hydrogen-bond acceptors (Lipinski definition) is 6. The van der Waals surface area contributed by atoms with Gasteiger partial charge in [-0.1, -0.05) is 53.7 Å². The molecule has 0 bridgehead atoms. The summed E-state index contributed by atoms with van der Waals surface area (Å²) in [5.41, 5.74) is 1.42. The van der Waals surface area contributed by atoms with Crippen molar-refractivity contribution in [2.75, 3.05) is 6.54 Å². The van der Waals surface area contributed by atoms with E-state index in [1.54, 1.807) is 31.2 Å². The first-order valence-corrected chi connectivity index (χ1v) is 9.69. The molecule has 0 spiro atoms. The van der Waals surface area contributed by atoms with Gasteiger partial charge in [-0.25, -0.2) is 4.79 Å². The molecule has 3 rings (SSSR count). The fourth-order valence-corrected chi connectivity index (χ4v) is 3.51. The first-order valence-electron chi connectivity index (χ1n) is 8.43. The second kappa shape index (κ2) is 9.34. The molecular weight excluding hydrogens is 400 g/mol. The molecule has 0 fully saturated rings. The maximum atomic E-state index is 12.8. The highest BCUT2D eigenvalue weighted by Gasteiger charge is 2.26. The van der Waals surface area contributed by atoms with E-state index in [0.717, 1.165) is 17.3 Å². The Morgan fingerprint density at radius 1 is 1.14 bits per heavy atom. The molecule has 28 heavy (non-hydrogen) atoms. The van der Waals surface area contributed by atoms with E-state index in [-0.39, 0.29) is 0 Å². The molecule has 1 heterocycles. The molecular formula is C18H17ClN6O2S. The Hall–Kier alpha value is -2.91. The van der Waals surface area contributed by atoms with Crippen LogP contribution in [0.2, 0.25) is 5.02 Å². The average molecular weight is 417 g/mol. The van der Waals surface area contributed by atoms with Gasteiger partial charge in [0.15, 0.2) is 0 Å². The third kappa shape index (κ3) is 4.87. The molecule has 0 aliphatic heterocycles. The number of urea groups is 1. The summed E-state index contributed by atoms with van der Waals surface area (Å²) < 4.78 is 1.51. The third-order valence-electron chi connectivity index (χ3n) is 3.65. The Balaban J connectivity index is 1.88. The minimum Gasteiger partial charge on any atom is -0.338 e. The Labute approximate surface area is 170 Å². The van der Waals surface area contributed by atoms with Gasteiger partial charge in [0.2, 0.25) is 11.1 Å². The number of rotatable bonds is 6. The van der Waals surface area contributed by atoms with Crippen molar-refractivity contribution >= 4 is 35.3 Å². The molecule has 0 aliphatic rings. The number of amides is 3. The van der Waals surface area contributed by atoms with Gasteiger partial charge in [-0.3, -0.25) is 10.1 Å². The predicted molar refractivity (Wildman–Crippen MR) is 106 cm³/mol. The van der Waals surface area contributed by atoms with Crippen molar-refractivity contribution in [2.24, 2.45) is 0 Å². The topological polar surface area (TPSA) is 102 Å². The van der Waals surface area contributed by atoms with Crippen LogP contribution in [0.15, 0.2) is 59.8 Å². The minimum atomic E-state index is -0.721. The van der Waals surface area contributed by atoms with Crippen molar-refractivity contribution in [2.45, 2.75) is 17.3 Å². The van der Waals surface area contributed by atoms with Crippen LogP contribution in [0.1, 0.15) is 17.7 Å². The summed E-state index contributed by atoms with van der Waals surface area (Å²) in [6.07, 6.45) is 0. The zero-order valence-electron chi connectivity index (χ0n) is 14.9. The van der Waals surface area contributed by atoms with Crippen LogP contribution >= 0.6 is 23.4 Å². The van der Waals surface area contributed by atoms with Crippen molar-refractivity contribution < 1.29 is 9.59 Å². The van der Waals surface area contributed by atoms with E-state index >= 15 is 0 Å². The molecule has 144 valence electrons.